The van der Waals surface area contributed by atoms with Crippen molar-refractivity contribution in [2.45, 2.75) is 19.3 Å². The van der Waals surface area contributed by atoms with Crippen LogP contribution in [0.2, 0.25) is 0 Å². The summed E-state index contributed by atoms with van der Waals surface area (Å²) < 4.78 is 5.33. The second-order valence-corrected chi connectivity index (χ2v) is 5.10. The van der Waals surface area contributed by atoms with Gasteiger partial charge in [0.15, 0.2) is 0 Å². The predicted molar refractivity (Wildman–Crippen MR) is 65.0 cm³/mol. The highest BCUT2D eigenvalue weighted by molar-refractivity contribution is 5.87. The van der Waals surface area contributed by atoms with Gasteiger partial charge in [-0.15, -0.1) is 0 Å². The van der Waals surface area contributed by atoms with Crippen LogP contribution in [0.15, 0.2) is 12.7 Å². The zero-order valence-corrected chi connectivity index (χ0v) is 10.4. The molecule has 18 heavy (non-hydrogen) atoms. The number of hydrogen-bond acceptors (Lipinski definition) is 3. The monoisotopic (exact) mass is 253 g/mol. The maximum absolute atomic E-state index is 11.6. The van der Waals surface area contributed by atoms with Crippen molar-refractivity contribution >= 4 is 11.9 Å². The van der Waals surface area contributed by atoms with Crippen molar-refractivity contribution < 1.29 is 19.4 Å². The molecule has 0 radical (unpaired) electrons. The van der Waals surface area contributed by atoms with E-state index in [-0.39, 0.29) is 11.3 Å². The minimum absolute atomic E-state index is 0.178. The van der Waals surface area contributed by atoms with Crippen molar-refractivity contribution in [1.82, 2.24) is 4.90 Å². The highest BCUT2D eigenvalue weighted by atomic mass is 16.5. The lowest BCUT2D eigenvalue weighted by Crippen LogP contribution is -2.53. The Morgan fingerprint density at radius 1 is 1.33 bits per heavy atom. The minimum atomic E-state index is -0.807. The fraction of sp³-hybridized carbons (Fsp3) is 0.692. The number of nitrogens with zero attached hydrogens (tertiary/aromatic N) is 1. The molecule has 0 aromatic carbocycles. The molecular formula is C13H19NO4. The van der Waals surface area contributed by atoms with Gasteiger partial charge in [-0.05, 0) is 30.8 Å². The van der Waals surface area contributed by atoms with Gasteiger partial charge in [-0.1, -0.05) is 6.58 Å². The van der Waals surface area contributed by atoms with Crippen molar-refractivity contribution in [3.8, 4) is 0 Å². The molecule has 0 aromatic heterocycles. The number of hydrogen-bond donors (Lipinski definition) is 1. The second-order valence-electron chi connectivity index (χ2n) is 5.10. The summed E-state index contributed by atoms with van der Waals surface area (Å²) in [5.74, 6) is -1.47. The lowest BCUT2D eigenvalue weighted by molar-refractivity contribution is -0.157. The smallest absolute Gasteiger partial charge is 0.308 e. The number of carboxylic acid groups (broad SMARTS) is 1. The number of carboxylic acids is 1. The Morgan fingerprint density at radius 3 is 2.56 bits per heavy atom. The lowest BCUT2D eigenvalue weighted by Gasteiger charge is -2.47. The van der Waals surface area contributed by atoms with Crippen molar-refractivity contribution in [2.75, 3.05) is 26.3 Å². The topological polar surface area (TPSA) is 66.8 Å². The van der Waals surface area contributed by atoms with Gasteiger partial charge in [-0.3, -0.25) is 9.59 Å². The largest absolute Gasteiger partial charge is 0.481 e. The summed E-state index contributed by atoms with van der Waals surface area (Å²) in [6.07, 6.45) is 3.55. The van der Waals surface area contributed by atoms with Gasteiger partial charge in [0.1, 0.15) is 0 Å². The summed E-state index contributed by atoms with van der Waals surface area (Å²) in [5.41, 5.74) is -0.192. The van der Waals surface area contributed by atoms with Crippen LogP contribution in [0.1, 0.15) is 19.3 Å². The Bertz CT molecular complexity index is 360. The zero-order valence-electron chi connectivity index (χ0n) is 10.4. The first-order valence-corrected chi connectivity index (χ1v) is 6.31. The molecule has 2 saturated heterocycles. The molecule has 2 heterocycles. The third kappa shape index (κ3) is 2.27. The van der Waals surface area contributed by atoms with Crippen LogP contribution in [0.4, 0.5) is 0 Å². The van der Waals surface area contributed by atoms with Gasteiger partial charge in [0, 0.05) is 26.3 Å². The highest BCUT2D eigenvalue weighted by Gasteiger charge is 2.48. The fourth-order valence-electron chi connectivity index (χ4n) is 3.08. The fourth-order valence-corrected chi connectivity index (χ4v) is 3.08. The summed E-state index contributed by atoms with van der Waals surface area (Å²) in [7, 11) is 0. The maximum atomic E-state index is 11.6. The number of aliphatic carboxylic acids is 1. The van der Waals surface area contributed by atoms with Crippen molar-refractivity contribution in [3.63, 3.8) is 0 Å². The minimum Gasteiger partial charge on any atom is -0.481 e. The van der Waals surface area contributed by atoms with E-state index in [1.165, 1.54) is 6.08 Å². The third-order valence-electron chi connectivity index (χ3n) is 4.29. The van der Waals surface area contributed by atoms with Crippen molar-refractivity contribution in [2.24, 2.45) is 11.3 Å². The van der Waals surface area contributed by atoms with Gasteiger partial charge in [0.25, 0.3) is 0 Å². The molecule has 1 spiro atoms. The number of piperidine rings is 1. The molecule has 2 aliphatic heterocycles. The van der Waals surface area contributed by atoms with E-state index in [2.05, 4.69) is 6.58 Å². The van der Waals surface area contributed by atoms with Crippen molar-refractivity contribution in [1.29, 1.82) is 0 Å². The summed E-state index contributed by atoms with van der Waals surface area (Å²) in [5, 5.41) is 9.42. The van der Waals surface area contributed by atoms with E-state index in [1.807, 2.05) is 0 Å². The third-order valence-corrected chi connectivity index (χ3v) is 4.29. The first kappa shape index (κ1) is 13.1. The summed E-state index contributed by atoms with van der Waals surface area (Å²) >= 11 is 0. The molecule has 2 rings (SSSR count). The molecule has 100 valence electrons. The van der Waals surface area contributed by atoms with E-state index in [0.29, 0.717) is 26.3 Å². The molecular weight excluding hydrogens is 234 g/mol. The molecule has 0 aliphatic carbocycles. The van der Waals surface area contributed by atoms with Gasteiger partial charge in [0.05, 0.1) is 5.92 Å². The summed E-state index contributed by atoms with van der Waals surface area (Å²) in [6.45, 7) is 5.61. The van der Waals surface area contributed by atoms with E-state index >= 15 is 0 Å². The number of carbonyl (C=O) groups excluding carboxylic acids is 1. The van der Waals surface area contributed by atoms with Gasteiger partial charge < -0.3 is 14.7 Å². The second kappa shape index (κ2) is 5.10. The normalized spacial score (nSPS) is 26.9. The Kier molecular flexibility index (Phi) is 3.71. The van der Waals surface area contributed by atoms with E-state index in [9.17, 15) is 14.7 Å². The molecule has 2 fully saturated rings. The van der Waals surface area contributed by atoms with Crippen LogP contribution in [0, 0.1) is 11.3 Å². The molecule has 0 saturated carbocycles. The first-order valence-electron chi connectivity index (χ1n) is 6.31. The number of amides is 1. The number of carbonyl (C=O) groups is 2. The first-order chi connectivity index (χ1) is 8.59. The standard InChI is InChI=1S/C13H19NO4/c1-2-11(15)14-6-3-13(4-7-18-8-5-13)10(9-14)12(16)17/h2,10H,1,3-9H2,(H,16,17). The van der Waals surface area contributed by atoms with E-state index in [1.54, 1.807) is 4.90 Å². The molecule has 5 nitrogen and oxygen atoms in total. The summed E-state index contributed by atoms with van der Waals surface area (Å²) in [6, 6.07) is 0. The molecule has 0 bridgehead atoms. The van der Waals surface area contributed by atoms with Crippen molar-refractivity contribution in [3.05, 3.63) is 12.7 Å². The van der Waals surface area contributed by atoms with E-state index in [4.69, 9.17) is 4.74 Å². The average Bonchev–Trinajstić information content (AvgIpc) is 2.39. The quantitative estimate of drug-likeness (QED) is 0.743. The molecule has 5 heteroatoms. The Labute approximate surface area is 106 Å². The molecule has 1 unspecified atom stereocenters. The van der Waals surface area contributed by atoms with E-state index in [0.717, 1.165) is 19.3 Å². The van der Waals surface area contributed by atoms with Crippen LogP contribution in [-0.4, -0.2) is 48.2 Å². The van der Waals surface area contributed by atoms with Crippen LogP contribution in [0.3, 0.4) is 0 Å². The number of ether oxygens (including phenoxy) is 1. The van der Waals surface area contributed by atoms with Crippen LogP contribution >= 0.6 is 0 Å². The molecule has 0 aromatic rings. The van der Waals surface area contributed by atoms with Gasteiger partial charge in [-0.25, -0.2) is 0 Å². The SMILES string of the molecule is C=CC(=O)N1CCC2(CCOCC2)C(C(=O)O)C1. The van der Waals surface area contributed by atoms with Crippen LogP contribution < -0.4 is 0 Å². The molecule has 1 N–H and O–H groups in total. The predicted octanol–water partition coefficient (Wildman–Crippen LogP) is 0.902. The summed E-state index contributed by atoms with van der Waals surface area (Å²) in [4.78, 5) is 24.7. The highest BCUT2D eigenvalue weighted by Crippen LogP contribution is 2.44. The average molecular weight is 253 g/mol. The van der Waals surface area contributed by atoms with Crippen LogP contribution in [0.25, 0.3) is 0 Å². The number of likely N-dealkylation sites (tertiary alicyclic amines) is 1. The molecule has 1 atom stereocenters. The van der Waals surface area contributed by atoms with E-state index < -0.39 is 11.9 Å². The van der Waals surface area contributed by atoms with Crippen LogP contribution in [0.5, 0.6) is 0 Å². The zero-order chi connectivity index (χ0) is 13.2. The molecule has 1 amide bonds. The Morgan fingerprint density at radius 2 is 2.00 bits per heavy atom. The van der Waals surface area contributed by atoms with Gasteiger partial charge >= 0.3 is 5.97 Å². The van der Waals surface area contributed by atoms with Gasteiger partial charge in [-0.2, -0.15) is 0 Å². The Hall–Kier alpha value is -1.36. The number of rotatable bonds is 2. The Balaban J connectivity index is 2.16. The molecule has 2 aliphatic rings. The van der Waals surface area contributed by atoms with Crippen LogP contribution in [-0.2, 0) is 14.3 Å². The lowest BCUT2D eigenvalue weighted by atomic mass is 9.65. The van der Waals surface area contributed by atoms with Gasteiger partial charge in [0.2, 0.25) is 5.91 Å². The maximum Gasteiger partial charge on any atom is 0.308 e.